The van der Waals surface area contributed by atoms with E-state index in [0.717, 1.165) is 10.9 Å². The number of aromatic nitrogens is 4. The number of amidine groups is 1. The minimum Gasteiger partial charge on any atom is -0.409 e. The van der Waals surface area contributed by atoms with Crippen LogP contribution in [-0.4, -0.2) is 31.2 Å². The van der Waals surface area contributed by atoms with E-state index in [1.807, 2.05) is 24.3 Å². The van der Waals surface area contributed by atoms with Crippen molar-refractivity contribution < 1.29 is 5.21 Å². The van der Waals surface area contributed by atoms with E-state index >= 15 is 0 Å². The Bertz CT molecular complexity index is 771. The van der Waals surface area contributed by atoms with E-state index < -0.39 is 0 Å². The minimum atomic E-state index is 0.0445. The fourth-order valence-electron chi connectivity index (χ4n) is 1.81. The number of hydrogen-bond acceptors (Lipinski definition) is 6. The lowest BCUT2D eigenvalue weighted by molar-refractivity contribution is 0.318. The number of H-pyrrole nitrogens is 1. The second kappa shape index (κ2) is 5.17. The van der Waals surface area contributed by atoms with Crippen molar-refractivity contribution in [2.75, 3.05) is 0 Å². The SMILES string of the molecule is NC(=NO)c1cc(Sc2ncn[nH]2)nc2ccccc12. The van der Waals surface area contributed by atoms with Gasteiger partial charge in [-0.1, -0.05) is 23.4 Å². The number of oxime groups is 1. The molecule has 0 saturated heterocycles. The highest BCUT2D eigenvalue weighted by molar-refractivity contribution is 7.99. The summed E-state index contributed by atoms with van der Waals surface area (Å²) >= 11 is 1.32. The fourth-order valence-corrected chi connectivity index (χ4v) is 2.53. The first-order valence-corrected chi connectivity index (χ1v) is 6.50. The molecule has 0 fully saturated rings. The molecule has 3 aromatic rings. The Morgan fingerprint density at radius 2 is 2.20 bits per heavy atom. The molecule has 0 spiro atoms. The van der Waals surface area contributed by atoms with Gasteiger partial charge in [0.25, 0.3) is 0 Å². The quantitative estimate of drug-likeness (QED) is 0.292. The van der Waals surface area contributed by atoms with Crippen LogP contribution in [0.1, 0.15) is 5.56 Å². The molecule has 3 rings (SSSR count). The van der Waals surface area contributed by atoms with E-state index in [0.29, 0.717) is 15.7 Å². The molecule has 2 heterocycles. The third-order valence-electron chi connectivity index (χ3n) is 2.67. The van der Waals surface area contributed by atoms with Crippen LogP contribution < -0.4 is 5.73 Å². The van der Waals surface area contributed by atoms with Gasteiger partial charge in [-0.25, -0.2) is 9.97 Å². The lowest BCUT2D eigenvalue weighted by atomic mass is 10.1. The van der Waals surface area contributed by atoms with Gasteiger partial charge in [0.05, 0.1) is 5.52 Å². The van der Waals surface area contributed by atoms with Gasteiger partial charge in [-0.3, -0.25) is 5.10 Å². The molecule has 0 amide bonds. The van der Waals surface area contributed by atoms with Crippen LogP contribution >= 0.6 is 11.8 Å². The maximum absolute atomic E-state index is 8.90. The van der Waals surface area contributed by atoms with Crippen molar-refractivity contribution in [1.82, 2.24) is 20.2 Å². The summed E-state index contributed by atoms with van der Waals surface area (Å²) in [4.78, 5) is 8.54. The van der Waals surface area contributed by atoms with Crippen LogP contribution in [0.3, 0.4) is 0 Å². The van der Waals surface area contributed by atoms with Crippen LogP contribution in [0.25, 0.3) is 10.9 Å². The van der Waals surface area contributed by atoms with Gasteiger partial charge in [0, 0.05) is 10.9 Å². The predicted octanol–water partition coefficient (Wildman–Crippen LogP) is 1.60. The number of para-hydroxylation sites is 1. The fraction of sp³-hybridized carbons (Fsp3) is 0. The van der Waals surface area contributed by atoms with E-state index in [1.54, 1.807) is 6.07 Å². The molecule has 20 heavy (non-hydrogen) atoms. The normalized spacial score (nSPS) is 11.9. The highest BCUT2D eigenvalue weighted by Crippen LogP contribution is 2.27. The summed E-state index contributed by atoms with van der Waals surface area (Å²) in [6.07, 6.45) is 1.42. The number of nitrogens with zero attached hydrogens (tertiary/aromatic N) is 4. The van der Waals surface area contributed by atoms with E-state index in [9.17, 15) is 0 Å². The first-order chi connectivity index (χ1) is 9.78. The van der Waals surface area contributed by atoms with Gasteiger partial charge in [-0.2, -0.15) is 5.10 Å². The van der Waals surface area contributed by atoms with Crippen molar-refractivity contribution in [3.8, 4) is 0 Å². The lowest BCUT2D eigenvalue weighted by Crippen LogP contribution is -2.14. The van der Waals surface area contributed by atoms with Gasteiger partial charge >= 0.3 is 0 Å². The number of pyridine rings is 1. The summed E-state index contributed by atoms with van der Waals surface area (Å²) in [5, 5.41) is 20.6. The summed E-state index contributed by atoms with van der Waals surface area (Å²) in [5.41, 5.74) is 7.12. The summed E-state index contributed by atoms with van der Waals surface area (Å²) in [6.45, 7) is 0. The van der Waals surface area contributed by atoms with Crippen LogP contribution in [0, 0.1) is 0 Å². The van der Waals surface area contributed by atoms with Crippen LogP contribution in [0.2, 0.25) is 0 Å². The van der Waals surface area contributed by atoms with E-state index in [1.165, 1.54) is 18.1 Å². The Labute approximate surface area is 117 Å². The molecule has 0 aliphatic heterocycles. The average Bonchev–Trinajstić information content (AvgIpc) is 2.98. The Balaban J connectivity index is 2.14. The number of fused-ring (bicyclic) bond motifs is 1. The van der Waals surface area contributed by atoms with Crippen molar-refractivity contribution in [2.45, 2.75) is 10.2 Å². The Hall–Kier alpha value is -2.61. The van der Waals surface area contributed by atoms with Crippen molar-refractivity contribution in [3.63, 3.8) is 0 Å². The number of hydrogen-bond donors (Lipinski definition) is 3. The molecule has 7 nitrogen and oxygen atoms in total. The van der Waals surface area contributed by atoms with Gasteiger partial charge in [-0.05, 0) is 23.9 Å². The van der Waals surface area contributed by atoms with E-state index in [4.69, 9.17) is 10.9 Å². The van der Waals surface area contributed by atoms with Crippen molar-refractivity contribution in [2.24, 2.45) is 10.9 Å². The van der Waals surface area contributed by atoms with Crippen molar-refractivity contribution in [1.29, 1.82) is 0 Å². The van der Waals surface area contributed by atoms with Crippen LogP contribution in [0.5, 0.6) is 0 Å². The predicted molar refractivity (Wildman–Crippen MR) is 74.8 cm³/mol. The highest BCUT2D eigenvalue weighted by Gasteiger charge is 2.11. The molecule has 0 saturated carbocycles. The Kier molecular flexibility index (Phi) is 3.21. The molecule has 100 valence electrons. The zero-order valence-electron chi connectivity index (χ0n) is 10.2. The summed E-state index contributed by atoms with van der Waals surface area (Å²) in [6, 6.07) is 9.26. The second-order valence-corrected chi connectivity index (χ2v) is 4.91. The Morgan fingerprint density at radius 1 is 1.35 bits per heavy atom. The van der Waals surface area contributed by atoms with E-state index in [-0.39, 0.29) is 5.84 Å². The number of nitrogens with two attached hydrogens (primary N) is 1. The standard InChI is InChI=1S/C12H10N6OS/c13-11(18-19)8-5-10(20-12-14-6-15-17-12)16-9-4-2-1-3-7(8)9/h1-6,19H,(H2,13,18)(H,14,15,17). The smallest absolute Gasteiger partial charge is 0.189 e. The van der Waals surface area contributed by atoms with Crippen LogP contribution in [0.4, 0.5) is 0 Å². The largest absolute Gasteiger partial charge is 0.409 e. The summed E-state index contributed by atoms with van der Waals surface area (Å²) < 4.78 is 0. The van der Waals surface area contributed by atoms with Crippen LogP contribution in [-0.2, 0) is 0 Å². The molecule has 0 unspecified atom stereocenters. The van der Waals surface area contributed by atoms with Gasteiger partial charge in [0.2, 0.25) is 0 Å². The molecule has 0 radical (unpaired) electrons. The molecule has 0 atom stereocenters. The van der Waals surface area contributed by atoms with Gasteiger partial charge in [0.15, 0.2) is 11.0 Å². The zero-order valence-corrected chi connectivity index (χ0v) is 11.0. The number of nitrogens with one attached hydrogen (secondary N) is 1. The summed E-state index contributed by atoms with van der Waals surface area (Å²) in [5.74, 6) is 0.0445. The minimum absolute atomic E-state index is 0.0445. The number of benzene rings is 1. The number of rotatable bonds is 3. The Morgan fingerprint density at radius 3 is 2.95 bits per heavy atom. The molecule has 2 aromatic heterocycles. The van der Waals surface area contributed by atoms with Crippen LogP contribution in [0.15, 0.2) is 52.0 Å². The third kappa shape index (κ3) is 2.28. The molecule has 0 aliphatic rings. The van der Waals surface area contributed by atoms with Crippen molar-refractivity contribution in [3.05, 3.63) is 42.2 Å². The van der Waals surface area contributed by atoms with Gasteiger partial charge in [-0.15, -0.1) is 0 Å². The van der Waals surface area contributed by atoms with E-state index in [2.05, 4.69) is 25.3 Å². The van der Waals surface area contributed by atoms with Crippen molar-refractivity contribution >= 4 is 28.5 Å². The molecular weight excluding hydrogens is 276 g/mol. The third-order valence-corrected chi connectivity index (χ3v) is 3.48. The molecule has 0 aliphatic carbocycles. The second-order valence-electron chi connectivity index (χ2n) is 3.90. The highest BCUT2D eigenvalue weighted by atomic mass is 32.2. The molecule has 4 N–H and O–H groups in total. The lowest BCUT2D eigenvalue weighted by Gasteiger charge is -2.07. The topological polar surface area (TPSA) is 113 Å². The molecular formula is C12H10N6OS. The molecule has 0 bridgehead atoms. The first kappa shape index (κ1) is 12.4. The number of aromatic amines is 1. The molecule has 1 aromatic carbocycles. The van der Waals surface area contributed by atoms with Gasteiger partial charge in [0.1, 0.15) is 11.4 Å². The monoisotopic (exact) mass is 286 g/mol. The zero-order chi connectivity index (χ0) is 13.9. The maximum Gasteiger partial charge on any atom is 0.189 e. The molecule has 8 heteroatoms. The average molecular weight is 286 g/mol. The van der Waals surface area contributed by atoms with Gasteiger partial charge < -0.3 is 10.9 Å². The maximum atomic E-state index is 8.90. The summed E-state index contributed by atoms with van der Waals surface area (Å²) in [7, 11) is 0. The first-order valence-electron chi connectivity index (χ1n) is 5.69.